The Bertz CT molecular complexity index is 451. The van der Waals surface area contributed by atoms with Gasteiger partial charge in [0.15, 0.2) is 0 Å². The Morgan fingerprint density at radius 1 is 1.59 bits per heavy atom. The minimum Gasteiger partial charge on any atom is -0.384 e. The maximum Gasteiger partial charge on any atom is 0.262 e. The molecule has 1 amide bonds. The molecule has 0 radical (unpaired) electrons. The van der Waals surface area contributed by atoms with Crippen LogP contribution in [0.3, 0.4) is 0 Å². The van der Waals surface area contributed by atoms with Crippen molar-refractivity contribution in [1.82, 2.24) is 5.32 Å². The van der Waals surface area contributed by atoms with E-state index >= 15 is 0 Å². The average Bonchev–Trinajstić information content (AvgIpc) is 3.03. The molecule has 0 aliphatic heterocycles. The summed E-state index contributed by atoms with van der Waals surface area (Å²) in [6, 6.07) is 1.81. The molecule has 4 heteroatoms. The third kappa shape index (κ3) is 3.58. The molecule has 1 aliphatic carbocycles. The summed E-state index contributed by atoms with van der Waals surface area (Å²) in [5.74, 6) is 6.12. The number of rotatable bonds is 4. The number of carbonyl (C=O) groups excluding carboxylic acids is 1. The van der Waals surface area contributed by atoms with Gasteiger partial charge in [0, 0.05) is 12.1 Å². The summed E-state index contributed by atoms with van der Waals surface area (Å²) < 4.78 is 0. The first-order valence-electron chi connectivity index (χ1n) is 5.76. The zero-order valence-corrected chi connectivity index (χ0v) is 10.3. The highest BCUT2D eigenvalue weighted by molar-refractivity contribution is 7.12. The molecule has 2 rings (SSSR count). The van der Waals surface area contributed by atoms with Crippen LogP contribution in [0.25, 0.3) is 0 Å². The van der Waals surface area contributed by atoms with Crippen LogP contribution in [0.2, 0.25) is 0 Å². The first-order chi connectivity index (χ1) is 8.31. The lowest BCUT2D eigenvalue weighted by Crippen LogP contribution is -2.24. The van der Waals surface area contributed by atoms with Crippen LogP contribution in [0, 0.1) is 17.8 Å². The van der Waals surface area contributed by atoms with Crippen molar-refractivity contribution in [1.29, 1.82) is 0 Å². The van der Waals surface area contributed by atoms with Gasteiger partial charge in [0.25, 0.3) is 5.91 Å². The Hall–Kier alpha value is -1.31. The van der Waals surface area contributed by atoms with Gasteiger partial charge in [-0.3, -0.25) is 4.79 Å². The first kappa shape index (κ1) is 12.2. The van der Waals surface area contributed by atoms with E-state index in [1.54, 1.807) is 0 Å². The van der Waals surface area contributed by atoms with E-state index in [0.717, 1.165) is 18.9 Å². The lowest BCUT2D eigenvalue weighted by atomic mass is 10.2. The second kappa shape index (κ2) is 5.85. The Morgan fingerprint density at radius 3 is 3.12 bits per heavy atom. The van der Waals surface area contributed by atoms with Crippen LogP contribution in [0.1, 0.15) is 34.5 Å². The molecule has 0 saturated heterocycles. The van der Waals surface area contributed by atoms with Gasteiger partial charge in [-0.1, -0.05) is 24.7 Å². The molecule has 0 spiro atoms. The summed E-state index contributed by atoms with van der Waals surface area (Å²) in [6.45, 7) is 0.562. The van der Waals surface area contributed by atoms with Gasteiger partial charge in [-0.15, -0.1) is 11.3 Å². The fraction of sp³-hybridized carbons (Fsp3) is 0.462. The van der Waals surface area contributed by atoms with Crippen LogP contribution >= 0.6 is 11.3 Å². The van der Waals surface area contributed by atoms with Gasteiger partial charge in [0.2, 0.25) is 0 Å². The topological polar surface area (TPSA) is 49.3 Å². The smallest absolute Gasteiger partial charge is 0.262 e. The van der Waals surface area contributed by atoms with Crippen LogP contribution in [-0.2, 0) is 0 Å². The zero-order valence-electron chi connectivity index (χ0n) is 9.53. The van der Waals surface area contributed by atoms with Crippen LogP contribution in [0.15, 0.2) is 11.4 Å². The molecule has 1 heterocycles. The first-order valence-corrected chi connectivity index (χ1v) is 6.64. The Morgan fingerprint density at radius 2 is 2.41 bits per heavy atom. The van der Waals surface area contributed by atoms with Gasteiger partial charge in [0.1, 0.15) is 11.5 Å². The van der Waals surface area contributed by atoms with E-state index in [0.29, 0.717) is 10.4 Å². The molecule has 1 aromatic rings. The van der Waals surface area contributed by atoms with Crippen LogP contribution in [0.5, 0.6) is 0 Å². The summed E-state index contributed by atoms with van der Waals surface area (Å²) in [5, 5.41) is 13.4. The van der Waals surface area contributed by atoms with Crippen molar-refractivity contribution in [3.63, 3.8) is 0 Å². The molecule has 1 saturated carbocycles. The van der Waals surface area contributed by atoms with Gasteiger partial charge < -0.3 is 10.4 Å². The predicted octanol–water partition coefficient (Wildman–Crippen LogP) is 1.62. The maximum absolute atomic E-state index is 11.9. The van der Waals surface area contributed by atoms with Gasteiger partial charge in [-0.25, -0.2) is 0 Å². The van der Waals surface area contributed by atoms with E-state index in [1.165, 1.54) is 24.2 Å². The zero-order chi connectivity index (χ0) is 12.1. The maximum atomic E-state index is 11.9. The van der Waals surface area contributed by atoms with Crippen molar-refractivity contribution in [2.75, 3.05) is 13.2 Å². The normalized spacial score (nSPS) is 13.9. The number of carbonyl (C=O) groups is 1. The molecule has 1 fully saturated rings. The summed E-state index contributed by atoms with van der Waals surface area (Å²) >= 11 is 1.39. The van der Waals surface area contributed by atoms with Gasteiger partial charge in [-0.05, 0) is 23.8 Å². The molecule has 2 N–H and O–H groups in total. The third-order valence-corrected chi connectivity index (χ3v) is 3.62. The molecule has 0 atom stereocenters. The number of aliphatic hydroxyl groups is 1. The second-order valence-corrected chi connectivity index (χ2v) is 5.03. The average molecular weight is 249 g/mol. The molecular weight excluding hydrogens is 234 g/mol. The number of nitrogens with one attached hydrogen (secondary N) is 1. The number of amides is 1. The van der Waals surface area contributed by atoms with Gasteiger partial charge in [0.05, 0.1) is 0 Å². The van der Waals surface area contributed by atoms with E-state index in [2.05, 4.69) is 17.2 Å². The standard InChI is InChI=1S/C13H15NO2S/c15-8-1-2-11-6-9-17-12(11)13(16)14-7-5-10-3-4-10/h6,9-10,15H,3-5,7-8H2,(H,14,16). The minimum atomic E-state index is -0.182. The van der Waals surface area contributed by atoms with E-state index in [-0.39, 0.29) is 12.5 Å². The predicted molar refractivity (Wildman–Crippen MR) is 68.0 cm³/mol. The quantitative estimate of drug-likeness (QED) is 0.797. The molecular formula is C13H15NO2S. The number of hydrogen-bond donors (Lipinski definition) is 2. The van der Waals surface area contributed by atoms with Crippen molar-refractivity contribution in [2.45, 2.75) is 19.3 Å². The van der Waals surface area contributed by atoms with Crippen molar-refractivity contribution >= 4 is 17.2 Å². The van der Waals surface area contributed by atoms with Crippen molar-refractivity contribution in [3.05, 3.63) is 21.9 Å². The molecule has 1 aromatic heterocycles. The summed E-state index contributed by atoms with van der Waals surface area (Å²) in [6.07, 6.45) is 3.69. The third-order valence-electron chi connectivity index (χ3n) is 2.71. The molecule has 1 aliphatic rings. The molecule has 3 nitrogen and oxygen atoms in total. The van der Waals surface area contributed by atoms with E-state index in [9.17, 15) is 4.79 Å². The van der Waals surface area contributed by atoms with Crippen LogP contribution in [0.4, 0.5) is 0 Å². The van der Waals surface area contributed by atoms with Gasteiger partial charge >= 0.3 is 0 Å². The Labute approximate surface area is 105 Å². The number of aliphatic hydroxyl groups excluding tert-OH is 1. The van der Waals surface area contributed by atoms with E-state index < -0.39 is 0 Å². The van der Waals surface area contributed by atoms with Crippen molar-refractivity contribution in [3.8, 4) is 11.8 Å². The minimum absolute atomic E-state index is 0.0529. The lowest BCUT2D eigenvalue weighted by Gasteiger charge is -2.02. The highest BCUT2D eigenvalue weighted by Crippen LogP contribution is 2.31. The van der Waals surface area contributed by atoms with E-state index in [1.807, 2.05) is 11.4 Å². The van der Waals surface area contributed by atoms with Crippen LogP contribution in [-0.4, -0.2) is 24.2 Å². The fourth-order valence-corrected chi connectivity index (χ4v) is 2.36. The van der Waals surface area contributed by atoms with Crippen molar-refractivity contribution in [2.24, 2.45) is 5.92 Å². The number of thiophene rings is 1. The molecule has 0 bridgehead atoms. The highest BCUT2D eigenvalue weighted by atomic mass is 32.1. The van der Waals surface area contributed by atoms with Crippen LogP contribution < -0.4 is 5.32 Å². The Balaban J connectivity index is 1.90. The summed E-state index contributed by atoms with van der Waals surface area (Å²) in [5.41, 5.74) is 0.702. The number of hydrogen-bond acceptors (Lipinski definition) is 3. The SMILES string of the molecule is O=C(NCCC1CC1)c1sccc1C#CCO. The molecule has 17 heavy (non-hydrogen) atoms. The van der Waals surface area contributed by atoms with E-state index in [4.69, 9.17) is 5.11 Å². The Kier molecular flexibility index (Phi) is 4.18. The fourth-order valence-electron chi connectivity index (χ4n) is 1.59. The van der Waals surface area contributed by atoms with Crippen molar-refractivity contribution < 1.29 is 9.90 Å². The highest BCUT2D eigenvalue weighted by Gasteiger charge is 2.21. The molecule has 0 unspecified atom stereocenters. The second-order valence-electron chi connectivity index (χ2n) is 4.11. The largest absolute Gasteiger partial charge is 0.384 e. The summed E-state index contributed by atoms with van der Waals surface area (Å²) in [4.78, 5) is 12.5. The molecule has 90 valence electrons. The molecule has 0 aromatic carbocycles. The summed E-state index contributed by atoms with van der Waals surface area (Å²) in [7, 11) is 0. The lowest BCUT2D eigenvalue weighted by molar-refractivity contribution is 0.0956. The van der Waals surface area contributed by atoms with Gasteiger partial charge in [-0.2, -0.15) is 0 Å². The monoisotopic (exact) mass is 249 g/mol.